The molecule has 5 nitrogen and oxygen atoms in total. The molecular formula is C17H21NO4S. The Labute approximate surface area is 137 Å². The first-order chi connectivity index (χ1) is 11.0. The summed E-state index contributed by atoms with van der Waals surface area (Å²) in [7, 11) is -0.696. The van der Waals surface area contributed by atoms with Gasteiger partial charge in [0.05, 0.1) is 24.8 Å². The second-order valence-electron chi connectivity index (χ2n) is 4.97. The van der Waals surface area contributed by atoms with Gasteiger partial charge in [-0.25, -0.2) is 8.42 Å². The van der Waals surface area contributed by atoms with Crippen molar-refractivity contribution in [1.29, 1.82) is 0 Å². The molecule has 23 heavy (non-hydrogen) atoms. The molecule has 2 aromatic rings. The Kier molecular flexibility index (Phi) is 5.15. The fourth-order valence-electron chi connectivity index (χ4n) is 2.42. The van der Waals surface area contributed by atoms with Crippen LogP contribution in [0.15, 0.2) is 47.4 Å². The van der Waals surface area contributed by atoms with Crippen LogP contribution in [0.2, 0.25) is 0 Å². The summed E-state index contributed by atoms with van der Waals surface area (Å²) in [5, 5.41) is 0. The summed E-state index contributed by atoms with van der Waals surface area (Å²) < 4.78 is 37.8. The number of nitrogens with zero attached hydrogens (tertiary/aromatic N) is 1. The minimum Gasteiger partial charge on any atom is -0.493 e. The normalized spacial score (nSPS) is 11.1. The first-order valence-corrected chi connectivity index (χ1v) is 8.70. The first kappa shape index (κ1) is 17.1. The van der Waals surface area contributed by atoms with E-state index in [0.717, 1.165) is 5.56 Å². The van der Waals surface area contributed by atoms with Crippen LogP contribution in [-0.4, -0.2) is 29.2 Å². The number of methoxy groups -OCH3 is 2. The van der Waals surface area contributed by atoms with E-state index in [1.54, 1.807) is 12.1 Å². The third kappa shape index (κ3) is 3.27. The third-order valence-corrected chi connectivity index (χ3v) is 5.50. The summed E-state index contributed by atoms with van der Waals surface area (Å²) in [4.78, 5) is 0.167. The van der Waals surface area contributed by atoms with Gasteiger partial charge < -0.3 is 9.47 Å². The SMILES string of the molecule is CCN(c1ccccc1C)S(=O)(=O)c1ccc(OC)c(OC)c1. The molecule has 2 aromatic carbocycles. The van der Waals surface area contributed by atoms with Gasteiger partial charge in [-0.1, -0.05) is 18.2 Å². The molecule has 0 spiro atoms. The van der Waals surface area contributed by atoms with Crippen molar-refractivity contribution in [2.24, 2.45) is 0 Å². The van der Waals surface area contributed by atoms with Gasteiger partial charge in [0.15, 0.2) is 11.5 Å². The van der Waals surface area contributed by atoms with Crippen LogP contribution in [0, 0.1) is 6.92 Å². The van der Waals surface area contributed by atoms with E-state index in [2.05, 4.69) is 0 Å². The molecule has 0 saturated carbocycles. The quantitative estimate of drug-likeness (QED) is 0.813. The zero-order chi connectivity index (χ0) is 17.0. The molecule has 0 aliphatic heterocycles. The molecule has 0 atom stereocenters. The molecule has 0 unspecified atom stereocenters. The maximum Gasteiger partial charge on any atom is 0.264 e. The Hall–Kier alpha value is -2.21. The summed E-state index contributed by atoms with van der Waals surface area (Å²) in [5.41, 5.74) is 1.57. The monoisotopic (exact) mass is 335 g/mol. The van der Waals surface area contributed by atoms with E-state index in [4.69, 9.17) is 9.47 Å². The fraction of sp³-hybridized carbons (Fsp3) is 0.294. The molecule has 0 bridgehead atoms. The highest BCUT2D eigenvalue weighted by atomic mass is 32.2. The van der Waals surface area contributed by atoms with Crippen molar-refractivity contribution in [2.75, 3.05) is 25.1 Å². The van der Waals surface area contributed by atoms with E-state index in [9.17, 15) is 8.42 Å². The van der Waals surface area contributed by atoms with Crippen molar-refractivity contribution >= 4 is 15.7 Å². The predicted octanol–water partition coefficient (Wildman–Crippen LogP) is 3.23. The molecule has 0 aliphatic rings. The maximum absolute atomic E-state index is 13.0. The number of anilines is 1. The molecule has 2 rings (SSSR count). The molecule has 6 heteroatoms. The summed E-state index contributed by atoms with van der Waals surface area (Å²) in [6, 6.07) is 12.0. The van der Waals surface area contributed by atoms with Crippen LogP contribution in [-0.2, 0) is 10.0 Å². The summed E-state index contributed by atoms with van der Waals surface area (Å²) in [6.07, 6.45) is 0. The van der Waals surface area contributed by atoms with Crippen molar-refractivity contribution in [3.05, 3.63) is 48.0 Å². The number of benzene rings is 2. The Morgan fingerprint density at radius 3 is 2.22 bits per heavy atom. The van der Waals surface area contributed by atoms with E-state index in [1.807, 2.05) is 32.0 Å². The molecule has 0 heterocycles. The number of aryl methyl sites for hydroxylation is 1. The van der Waals surface area contributed by atoms with Crippen molar-refractivity contribution in [3.8, 4) is 11.5 Å². The Bertz CT molecular complexity index is 787. The molecule has 0 radical (unpaired) electrons. The lowest BCUT2D eigenvalue weighted by molar-refractivity contribution is 0.354. The van der Waals surface area contributed by atoms with Crippen LogP contribution in [0.4, 0.5) is 5.69 Å². The van der Waals surface area contributed by atoms with Gasteiger partial charge >= 0.3 is 0 Å². The average molecular weight is 335 g/mol. The second-order valence-corrected chi connectivity index (χ2v) is 6.84. The number of sulfonamides is 1. The van der Waals surface area contributed by atoms with Crippen LogP contribution >= 0.6 is 0 Å². The van der Waals surface area contributed by atoms with Crippen LogP contribution in [0.25, 0.3) is 0 Å². The molecule has 124 valence electrons. The van der Waals surface area contributed by atoms with Gasteiger partial charge in [0.2, 0.25) is 0 Å². The van der Waals surface area contributed by atoms with Crippen molar-refractivity contribution < 1.29 is 17.9 Å². The lowest BCUT2D eigenvalue weighted by Crippen LogP contribution is -2.31. The Morgan fingerprint density at radius 1 is 1.00 bits per heavy atom. The van der Waals surface area contributed by atoms with Crippen LogP contribution in [0.1, 0.15) is 12.5 Å². The minimum absolute atomic E-state index is 0.167. The maximum atomic E-state index is 13.0. The third-order valence-electron chi connectivity index (χ3n) is 3.61. The number of hydrogen-bond acceptors (Lipinski definition) is 4. The van der Waals surface area contributed by atoms with Gasteiger partial charge in [-0.05, 0) is 37.6 Å². The highest BCUT2D eigenvalue weighted by Gasteiger charge is 2.25. The molecule has 0 amide bonds. The molecule has 0 N–H and O–H groups in total. The second kappa shape index (κ2) is 6.91. The molecule has 0 fully saturated rings. The summed E-state index contributed by atoms with van der Waals surface area (Å²) in [5.74, 6) is 0.875. The first-order valence-electron chi connectivity index (χ1n) is 7.26. The number of para-hydroxylation sites is 1. The number of hydrogen-bond donors (Lipinski definition) is 0. The highest BCUT2D eigenvalue weighted by Crippen LogP contribution is 2.32. The largest absolute Gasteiger partial charge is 0.493 e. The predicted molar refractivity (Wildman–Crippen MR) is 90.9 cm³/mol. The smallest absolute Gasteiger partial charge is 0.264 e. The molecule has 0 aliphatic carbocycles. The van der Waals surface area contributed by atoms with E-state index in [0.29, 0.717) is 23.7 Å². The molecule has 0 saturated heterocycles. The van der Waals surface area contributed by atoms with E-state index >= 15 is 0 Å². The number of ether oxygens (including phenoxy) is 2. The lowest BCUT2D eigenvalue weighted by atomic mass is 10.2. The zero-order valence-electron chi connectivity index (χ0n) is 13.7. The Balaban J connectivity index is 2.54. The van der Waals surface area contributed by atoms with Crippen LogP contribution in [0.5, 0.6) is 11.5 Å². The average Bonchev–Trinajstić information content (AvgIpc) is 2.56. The van der Waals surface area contributed by atoms with Gasteiger partial charge in [-0.15, -0.1) is 0 Å². The topological polar surface area (TPSA) is 55.8 Å². The standard InChI is InChI=1S/C17H21NO4S/c1-5-18(15-9-7-6-8-13(15)2)23(19,20)14-10-11-16(21-3)17(12-14)22-4/h6-12H,5H2,1-4H3. The van der Waals surface area contributed by atoms with Crippen molar-refractivity contribution in [1.82, 2.24) is 0 Å². The summed E-state index contributed by atoms with van der Waals surface area (Å²) in [6.45, 7) is 4.04. The fourth-order valence-corrected chi connectivity index (χ4v) is 3.97. The summed E-state index contributed by atoms with van der Waals surface area (Å²) >= 11 is 0. The van der Waals surface area contributed by atoms with Crippen molar-refractivity contribution in [2.45, 2.75) is 18.7 Å². The highest BCUT2D eigenvalue weighted by molar-refractivity contribution is 7.92. The molecular weight excluding hydrogens is 314 g/mol. The molecule has 0 aromatic heterocycles. The van der Waals surface area contributed by atoms with Gasteiger partial charge in [-0.3, -0.25) is 4.31 Å². The van der Waals surface area contributed by atoms with Gasteiger partial charge in [0.25, 0.3) is 10.0 Å². The van der Waals surface area contributed by atoms with Gasteiger partial charge in [-0.2, -0.15) is 0 Å². The number of rotatable bonds is 6. The van der Waals surface area contributed by atoms with Crippen molar-refractivity contribution in [3.63, 3.8) is 0 Å². The van der Waals surface area contributed by atoms with Gasteiger partial charge in [0.1, 0.15) is 0 Å². The minimum atomic E-state index is -3.69. The Morgan fingerprint density at radius 2 is 1.65 bits per heavy atom. The van der Waals surface area contributed by atoms with E-state index < -0.39 is 10.0 Å². The van der Waals surface area contributed by atoms with E-state index in [1.165, 1.54) is 30.7 Å². The van der Waals surface area contributed by atoms with Crippen LogP contribution < -0.4 is 13.8 Å². The lowest BCUT2D eigenvalue weighted by Gasteiger charge is -2.25. The van der Waals surface area contributed by atoms with Crippen LogP contribution in [0.3, 0.4) is 0 Å². The zero-order valence-corrected chi connectivity index (χ0v) is 14.6. The van der Waals surface area contributed by atoms with E-state index in [-0.39, 0.29) is 4.90 Å². The van der Waals surface area contributed by atoms with Gasteiger partial charge in [0, 0.05) is 12.6 Å².